The minimum absolute atomic E-state index is 0.00950. The van der Waals surface area contributed by atoms with E-state index in [2.05, 4.69) is 15.9 Å². The molecule has 0 aliphatic carbocycles. The van der Waals surface area contributed by atoms with Crippen molar-refractivity contribution in [2.45, 2.75) is 32.1 Å². The highest BCUT2D eigenvalue weighted by Crippen LogP contribution is 2.27. The fourth-order valence-electron chi connectivity index (χ4n) is 1.51. The van der Waals surface area contributed by atoms with Gasteiger partial charge in [0, 0.05) is 16.1 Å². The SMILES string of the molecule is CC(C)S(=O)(=O)CCOc1cc(Br)ccc1[C@@H](C)N. The largest absolute Gasteiger partial charge is 0.492 e. The molecular formula is C13H20BrNO3S. The summed E-state index contributed by atoms with van der Waals surface area (Å²) in [5.74, 6) is 0.638. The molecule has 0 aliphatic heterocycles. The summed E-state index contributed by atoms with van der Waals surface area (Å²) in [6, 6.07) is 5.41. The summed E-state index contributed by atoms with van der Waals surface area (Å²) in [5, 5.41) is -0.383. The van der Waals surface area contributed by atoms with Crippen molar-refractivity contribution in [3.05, 3.63) is 28.2 Å². The van der Waals surface area contributed by atoms with Gasteiger partial charge in [0.25, 0.3) is 0 Å². The molecule has 1 atom stereocenters. The predicted molar refractivity (Wildman–Crippen MR) is 81.2 cm³/mol. The average Bonchev–Trinajstić information content (AvgIpc) is 2.28. The lowest BCUT2D eigenvalue weighted by Crippen LogP contribution is -2.22. The van der Waals surface area contributed by atoms with Gasteiger partial charge >= 0.3 is 0 Å². The van der Waals surface area contributed by atoms with Crippen molar-refractivity contribution in [2.24, 2.45) is 5.73 Å². The summed E-state index contributed by atoms with van der Waals surface area (Å²) in [6.45, 7) is 5.33. The number of ether oxygens (including phenoxy) is 1. The first-order valence-corrected chi connectivity index (χ1v) is 8.64. The van der Waals surface area contributed by atoms with E-state index in [1.165, 1.54) is 0 Å². The first-order valence-electron chi connectivity index (χ1n) is 6.13. The highest BCUT2D eigenvalue weighted by atomic mass is 79.9. The second kappa shape index (κ2) is 6.72. The van der Waals surface area contributed by atoms with Crippen LogP contribution in [0.1, 0.15) is 32.4 Å². The molecule has 0 fully saturated rings. The standard InChI is InChI=1S/C13H20BrNO3S/c1-9(2)19(16,17)7-6-18-13-8-11(14)4-5-12(13)10(3)15/h4-5,8-10H,6-7,15H2,1-3H3/t10-/m1/s1. The molecule has 19 heavy (non-hydrogen) atoms. The maximum atomic E-state index is 11.7. The van der Waals surface area contributed by atoms with Crippen LogP contribution >= 0.6 is 15.9 Å². The first kappa shape index (κ1) is 16.5. The fraction of sp³-hybridized carbons (Fsp3) is 0.538. The zero-order chi connectivity index (χ0) is 14.6. The van der Waals surface area contributed by atoms with E-state index in [4.69, 9.17) is 10.5 Å². The third-order valence-electron chi connectivity index (χ3n) is 2.81. The lowest BCUT2D eigenvalue weighted by molar-refractivity contribution is 0.335. The van der Waals surface area contributed by atoms with E-state index in [1.54, 1.807) is 19.9 Å². The first-order chi connectivity index (χ1) is 8.74. The van der Waals surface area contributed by atoms with Gasteiger partial charge in [-0.1, -0.05) is 22.0 Å². The molecule has 0 heterocycles. The van der Waals surface area contributed by atoms with Crippen molar-refractivity contribution < 1.29 is 13.2 Å². The van der Waals surface area contributed by atoms with Crippen molar-refractivity contribution in [1.82, 2.24) is 0 Å². The Morgan fingerprint density at radius 2 is 1.95 bits per heavy atom. The molecule has 0 spiro atoms. The van der Waals surface area contributed by atoms with Gasteiger partial charge in [-0.25, -0.2) is 8.42 Å². The summed E-state index contributed by atoms with van der Waals surface area (Å²) in [6.07, 6.45) is 0. The van der Waals surface area contributed by atoms with Gasteiger partial charge in [-0.15, -0.1) is 0 Å². The topological polar surface area (TPSA) is 69.4 Å². The molecule has 4 nitrogen and oxygen atoms in total. The van der Waals surface area contributed by atoms with Crippen LogP contribution in [-0.2, 0) is 9.84 Å². The number of halogens is 1. The molecule has 0 saturated carbocycles. The monoisotopic (exact) mass is 349 g/mol. The Balaban J connectivity index is 2.75. The van der Waals surface area contributed by atoms with E-state index in [0.717, 1.165) is 10.0 Å². The molecule has 0 bridgehead atoms. The number of hydrogen-bond acceptors (Lipinski definition) is 4. The van der Waals surface area contributed by atoms with Gasteiger partial charge in [0.05, 0.1) is 11.0 Å². The van der Waals surface area contributed by atoms with Crippen LogP contribution in [0.25, 0.3) is 0 Å². The zero-order valence-corrected chi connectivity index (χ0v) is 13.8. The fourth-order valence-corrected chi connectivity index (χ4v) is 2.64. The number of sulfone groups is 1. The predicted octanol–water partition coefficient (Wildman–Crippen LogP) is 2.67. The van der Waals surface area contributed by atoms with Gasteiger partial charge in [0.15, 0.2) is 9.84 Å². The van der Waals surface area contributed by atoms with Gasteiger partial charge in [0.2, 0.25) is 0 Å². The van der Waals surface area contributed by atoms with Crippen molar-refractivity contribution in [3.63, 3.8) is 0 Å². The molecule has 0 amide bonds. The normalized spacial score (nSPS) is 13.6. The van der Waals surface area contributed by atoms with Crippen LogP contribution in [0.2, 0.25) is 0 Å². The number of hydrogen-bond donors (Lipinski definition) is 1. The Morgan fingerprint density at radius 1 is 1.32 bits per heavy atom. The summed E-state index contributed by atoms with van der Waals surface area (Å²) in [7, 11) is -3.08. The number of nitrogens with two attached hydrogens (primary N) is 1. The summed E-state index contributed by atoms with van der Waals surface area (Å²) < 4.78 is 29.8. The van der Waals surface area contributed by atoms with Crippen molar-refractivity contribution in [2.75, 3.05) is 12.4 Å². The van der Waals surface area contributed by atoms with Crippen LogP contribution in [0.4, 0.5) is 0 Å². The molecule has 0 unspecified atom stereocenters. The summed E-state index contributed by atoms with van der Waals surface area (Å²) in [4.78, 5) is 0. The maximum absolute atomic E-state index is 11.7. The Hall–Kier alpha value is -0.590. The molecule has 108 valence electrons. The van der Waals surface area contributed by atoms with Gasteiger partial charge in [-0.3, -0.25) is 0 Å². The molecular weight excluding hydrogens is 330 g/mol. The van der Waals surface area contributed by atoms with E-state index in [-0.39, 0.29) is 23.7 Å². The zero-order valence-electron chi connectivity index (χ0n) is 11.4. The average molecular weight is 350 g/mol. The van der Waals surface area contributed by atoms with E-state index in [1.807, 2.05) is 19.1 Å². The Kier molecular flexibility index (Phi) is 5.82. The van der Waals surface area contributed by atoms with Crippen molar-refractivity contribution >= 4 is 25.8 Å². The van der Waals surface area contributed by atoms with E-state index in [0.29, 0.717) is 5.75 Å². The van der Waals surface area contributed by atoms with E-state index < -0.39 is 9.84 Å². The molecule has 2 N–H and O–H groups in total. The molecule has 1 rings (SSSR count). The van der Waals surface area contributed by atoms with Gasteiger partial charge in [-0.05, 0) is 32.9 Å². The van der Waals surface area contributed by atoms with Crippen LogP contribution < -0.4 is 10.5 Å². The molecule has 1 aromatic carbocycles. The van der Waals surface area contributed by atoms with Crippen LogP contribution in [-0.4, -0.2) is 26.0 Å². The lowest BCUT2D eigenvalue weighted by atomic mass is 10.1. The molecule has 0 saturated heterocycles. The molecule has 6 heteroatoms. The minimum atomic E-state index is -3.08. The highest BCUT2D eigenvalue weighted by Gasteiger charge is 2.16. The summed E-state index contributed by atoms with van der Waals surface area (Å²) in [5.41, 5.74) is 6.72. The lowest BCUT2D eigenvalue weighted by Gasteiger charge is -2.15. The molecule has 0 aromatic heterocycles. The third kappa shape index (κ3) is 4.78. The second-order valence-corrected chi connectivity index (χ2v) is 8.33. The maximum Gasteiger partial charge on any atom is 0.155 e. The Labute approximate surface area is 123 Å². The van der Waals surface area contributed by atoms with E-state index >= 15 is 0 Å². The number of benzene rings is 1. The Bertz CT molecular complexity index is 527. The van der Waals surface area contributed by atoms with Gasteiger partial charge in [-0.2, -0.15) is 0 Å². The highest BCUT2D eigenvalue weighted by molar-refractivity contribution is 9.10. The molecule has 0 aliphatic rings. The number of rotatable bonds is 6. The van der Waals surface area contributed by atoms with Crippen LogP contribution in [0.3, 0.4) is 0 Å². The van der Waals surface area contributed by atoms with E-state index in [9.17, 15) is 8.42 Å². The van der Waals surface area contributed by atoms with Crippen molar-refractivity contribution in [1.29, 1.82) is 0 Å². The second-order valence-electron chi connectivity index (χ2n) is 4.74. The minimum Gasteiger partial charge on any atom is -0.492 e. The smallest absolute Gasteiger partial charge is 0.155 e. The van der Waals surface area contributed by atoms with Gasteiger partial charge < -0.3 is 10.5 Å². The van der Waals surface area contributed by atoms with Crippen molar-refractivity contribution in [3.8, 4) is 5.75 Å². The quantitative estimate of drug-likeness (QED) is 0.856. The third-order valence-corrected chi connectivity index (χ3v) is 5.48. The van der Waals surface area contributed by atoms with Crippen LogP contribution in [0.5, 0.6) is 5.75 Å². The van der Waals surface area contributed by atoms with Crippen LogP contribution in [0, 0.1) is 0 Å². The molecule has 0 radical (unpaired) electrons. The van der Waals surface area contributed by atoms with Gasteiger partial charge in [0.1, 0.15) is 12.4 Å². The Morgan fingerprint density at radius 3 is 2.47 bits per heavy atom. The molecule has 1 aromatic rings. The van der Waals surface area contributed by atoms with Crippen LogP contribution in [0.15, 0.2) is 22.7 Å². The summed E-state index contributed by atoms with van der Waals surface area (Å²) >= 11 is 3.36.